The Morgan fingerprint density at radius 1 is 1.00 bits per heavy atom. The summed E-state index contributed by atoms with van der Waals surface area (Å²) < 4.78 is 0. The van der Waals surface area contributed by atoms with Gasteiger partial charge in [0, 0.05) is 22.7 Å². The number of nitrogens with one attached hydrogen (secondary N) is 1. The lowest BCUT2D eigenvalue weighted by molar-refractivity contribution is -0.129. The van der Waals surface area contributed by atoms with E-state index in [-0.39, 0.29) is 18.0 Å². The van der Waals surface area contributed by atoms with Crippen molar-refractivity contribution < 1.29 is 9.59 Å². The first-order valence-electron chi connectivity index (χ1n) is 9.70. The van der Waals surface area contributed by atoms with E-state index in [0.29, 0.717) is 13.1 Å². The Bertz CT molecular complexity index is 1020. The van der Waals surface area contributed by atoms with Crippen molar-refractivity contribution in [3.05, 3.63) is 80.2 Å². The highest BCUT2D eigenvalue weighted by Gasteiger charge is 2.41. The molecule has 5 nitrogen and oxygen atoms in total. The maximum Gasteiger partial charge on any atom is 0.325 e. The van der Waals surface area contributed by atoms with Crippen LogP contribution in [0.5, 0.6) is 0 Å². The highest BCUT2D eigenvalue weighted by atomic mass is 32.1. The number of imide groups is 1. The summed E-state index contributed by atoms with van der Waals surface area (Å²) >= 11 is 3.51. The fraction of sp³-hybridized carbons (Fsp3) is 0.273. The molecule has 0 saturated carbocycles. The SMILES string of the molecule is O=C1N[C@H](Cc2ccccc2)C(=O)N1CN1CCc2sccc2[C@@H]1c1cccs1. The van der Waals surface area contributed by atoms with Crippen LogP contribution in [0.3, 0.4) is 0 Å². The van der Waals surface area contributed by atoms with Crippen LogP contribution >= 0.6 is 22.7 Å². The van der Waals surface area contributed by atoms with Crippen LogP contribution in [0.25, 0.3) is 0 Å². The largest absolute Gasteiger partial charge is 0.325 e. The van der Waals surface area contributed by atoms with E-state index in [9.17, 15) is 9.59 Å². The highest BCUT2D eigenvalue weighted by molar-refractivity contribution is 7.10. The Labute approximate surface area is 177 Å². The van der Waals surface area contributed by atoms with Crippen molar-refractivity contribution in [2.75, 3.05) is 13.2 Å². The number of carbonyl (C=O) groups excluding carboxylic acids is 2. The Hall–Kier alpha value is -2.48. The molecule has 5 rings (SSSR count). The quantitative estimate of drug-likeness (QED) is 0.634. The van der Waals surface area contributed by atoms with Crippen LogP contribution in [0, 0.1) is 0 Å². The van der Waals surface area contributed by atoms with Gasteiger partial charge in [0.15, 0.2) is 0 Å². The van der Waals surface area contributed by atoms with Crippen molar-refractivity contribution in [2.45, 2.75) is 24.9 Å². The minimum Gasteiger partial charge on any atom is -0.325 e. The van der Waals surface area contributed by atoms with Crippen LogP contribution in [0.15, 0.2) is 59.3 Å². The van der Waals surface area contributed by atoms with Crippen LogP contribution in [0.4, 0.5) is 4.79 Å². The van der Waals surface area contributed by atoms with Crippen LogP contribution in [-0.2, 0) is 17.6 Å². The molecule has 2 aliphatic rings. The Kier molecular flexibility index (Phi) is 4.95. The molecule has 2 aliphatic heterocycles. The molecule has 29 heavy (non-hydrogen) atoms. The number of amides is 3. The second-order valence-corrected chi connectivity index (χ2v) is 9.36. The van der Waals surface area contributed by atoms with Gasteiger partial charge in [-0.3, -0.25) is 9.69 Å². The first-order chi connectivity index (χ1) is 14.2. The lowest BCUT2D eigenvalue weighted by Crippen LogP contribution is -2.46. The molecule has 0 aliphatic carbocycles. The third kappa shape index (κ3) is 3.50. The van der Waals surface area contributed by atoms with Crippen molar-refractivity contribution in [2.24, 2.45) is 0 Å². The van der Waals surface area contributed by atoms with Crippen LogP contribution in [0.2, 0.25) is 0 Å². The van der Waals surface area contributed by atoms with E-state index in [4.69, 9.17) is 0 Å². The molecule has 3 amide bonds. The van der Waals surface area contributed by atoms with Crippen molar-refractivity contribution in [3.63, 3.8) is 0 Å². The van der Waals surface area contributed by atoms with Gasteiger partial charge in [-0.05, 0) is 40.4 Å². The average Bonchev–Trinajstić information content (AvgIpc) is 3.47. The maximum atomic E-state index is 13.0. The van der Waals surface area contributed by atoms with Gasteiger partial charge in [-0.25, -0.2) is 9.69 Å². The molecule has 1 N–H and O–H groups in total. The molecule has 0 bridgehead atoms. The fourth-order valence-corrected chi connectivity index (χ4v) is 5.96. The summed E-state index contributed by atoms with van der Waals surface area (Å²) in [6.07, 6.45) is 1.47. The molecule has 1 fully saturated rings. The molecule has 0 spiro atoms. The van der Waals surface area contributed by atoms with Gasteiger partial charge in [-0.15, -0.1) is 22.7 Å². The zero-order valence-corrected chi connectivity index (χ0v) is 17.4. The lowest BCUT2D eigenvalue weighted by Gasteiger charge is -2.37. The second-order valence-electron chi connectivity index (χ2n) is 7.38. The van der Waals surface area contributed by atoms with E-state index in [1.807, 2.05) is 30.3 Å². The fourth-order valence-electron chi connectivity index (χ4n) is 4.18. The zero-order chi connectivity index (χ0) is 19.8. The van der Waals surface area contributed by atoms with Crippen molar-refractivity contribution in [3.8, 4) is 0 Å². The van der Waals surface area contributed by atoms with Gasteiger partial charge < -0.3 is 5.32 Å². The number of hydrogen-bond acceptors (Lipinski definition) is 5. The average molecular weight is 424 g/mol. The number of hydrogen-bond donors (Lipinski definition) is 1. The molecule has 1 aromatic carbocycles. The summed E-state index contributed by atoms with van der Waals surface area (Å²) in [6, 6.07) is 15.5. The number of rotatable bonds is 5. The van der Waals surface area contributed by atoms with Crippen LogP contribution < -0.4 is 5.32 Å². The first-order valence-corrected chi connectivity index (χ1v) is 11.5. The molecule has 0 radical (unpaired) electrons. The van der Waals surface area contributed by atoms with Crippen molar-refractivity contribution >= 4 is 34.6 Å². The number of nitrogens with zero attached hydrogens (tertiary/aromatic N) is 2. The number of thiophene rings is 2. The third-order valence-electron chi connectivity index (χ3n) is 5.59. The molecule has 0 unspecified atom stereocenters. The summed E-state index contributed by atoms with van der Waals surface area (Å²) in [6.45, 7) is 1.14. The molecule has 7 heteroatoms. The molecule has 2 atom stereocenters. The Morgan fingerprint density at radius 2 is 1.86 bits per heavy atom. The monoisotopic (exact) mass is 423 g/mol. The summed E-state index contributed by atoms with van der Waals surface area (Å²) in [5.74, 6) is -0.139. The molecule has 2 aromatic heterocycles. The molecule has 3 aromatic rings. The smallest absolute Gasteiger partial charge is 0.325 e. The van der Waals surface area contributed by atoms with Crippen LogP contribution in [0.1, 0.15) is 26.9 Å². The predicted molar refractivity (Wildman–Crippen MR) is 115 cm³/mol. The van der Waals surface area contributed by atoms with E-state index in [0.717, 1.165) is 18.5 Å². The Balaban J connectivity index is 1.36. The van der Waals surface area contributed by atoms with Gasteiger partial charge in [-0.2, -0.15) is 0 Å². The first kappa shape index (κ1) is 18.5. The standard InChI is InChI=1S/C22H21N3O2S2/c26-21-17(13-15-5-2-1-3-6-15)23-22(27)25(21)14-24-10-8-18-16(9-12-29-18)20(24)19-7-4-11-28-19/h1-7,9,11-12,17,20H,8,10,13-14H2,(H,23,27)/t17-,20-/m1/s1. The molecular formula is C22H21N3O2S2. The van der Waals surface area contributed by atoms with E-state index in [1.54, 1.807) is 22.7 Å². The molecular weight excluding hydrogens is 402 g/mol. The third-order valence-corrected chi connectivity index (χ3v) is 7.51. The topological polar surface area (TPSA) is 52.7 Å². The van der Waals surface area contributed by atoms with Gasteiger partial charge >= 0.3 is 6.03 Å². The second kappa shape index (κ2) is 7.74. The predicted octanol–water partition coefficient (Wildman–Crippen LogP) is 3.88. The van der Waals surface area contributed by atoms with Gasteiger partial charge in [-0.1, -0.05) is 36.4 Å². The van der Waals surface area contributed by atoms with E-state index >= 15 is 0 Å². The van der Waals surface area contributed by atoms with Gasteiger partial charge in [0.25, 0.3) is 5.91 Å². The van der Waals surface area contributed by atoms with Crippen LogP contribution in [-0.4, -0.2) is 41.0 Å². The van der Waals surface area contributed by atoms with E-state index < -0.39 is 6.04 Å². The number of carbonyl (C=O) groups is 2. The Morgan fingerprint density at radius 3 is 2.66 bits per heavy atom. The lowest BCUT2D eigenvalue weighted by atomic mass is 9.99. The minimum absolute atomic E-state index is 0.0961. The summed E-state index contributed by atoms with van der Waals surface area (Å²) in [5.41, 5.74) is 2.35. The van der Waals surface area contributed by atoms with Gasteiger partial charge in [0.05, 0.1) is 12.7 Å². The normalized spacial score (nSPS) is 22.0. The van der Waals surface area contributed by atoms with E-state index in [2.05, 4.69) is 39.2 Å². The van der Waals surface area contributed by atoms with E-state index in [1.165, 1.54) is 20.2 Å². The number of benzene rings is 1. The number of fused-ring (bicyclic) bond motifs is 1. The van der Waals surface area contributed by atoms with Crippen molar-refractivity contribution in [1.82, 2.24) is 15.1 Å². The zero-order valence-electron chi connectivity index (χ0n) is 15.8. The molecule has 1 saturated heterocycles. The maximum absolute atomic E-state index is 13.0. The number of urea groups is 1. The summed E-state index contributed by atoms with van der Waals surface area (Å²) in [7, 11) is 0. The summed E-state index contributed by atoms with van der Waals surface area (Å²) in [5, 5.41) is 7.09. The molecule has 4 heterocycles. The minimum atomic E-state index is -0.494. The van der Waals surface area contributed by atoms with Gasteiger partial charge in [0.1, 0.15) is 6.04 Å². The van der Waals surface area contributed by atoms with Crippen molar-refractivity contribution in [1.29, 1.82) is 0 Å². The highest BCUT2D eigenvalue weighted by Crippen LogP contribution is 2.39. The summed E-state index contributed by atoms with van der Waals surface area (Å²) in [4.78, 5) is 31.9. The van der Waals surface area contributed by atoms with Gasteiger partial charge in [0.2, 0.25) is 0 Å². The molecule has 148 valence electrons.